The smallest absolute Gasteiger partial charge is 0.163 e. The van der Waals surface area contributed by atoms with Crippen LogP contribution in [0.15, 0.2) is 48.7 Å². The fourth-order valence-electron chi connectivity index (χ4n) is 3.25. The van der Waals surface area contributed by atoms with E-state index in [9.17, 15) is 10.4 Å². The van der Waals surface area contributed by atoms with E-state index in [2.05, 4.69) is 11.1 Å². The van der Waals surface area contributed by atoms with Gasteiger partial charge in [-0.15, -0.1) is 0 Å². The van der Waals surface area contributed by atoms with Gasteiger partial charge in [-0.3, -0.25) is 0 Å². The fourth-order valence-corrected chi connectivity index (χ4v) is 3.50. The number of rotatable bonds is 3. The quantitative estimate of drug-likeness (QED) is 0.508. The number of aromatic nitrogens is 4. The predicted molar refractivity (Wildman–Crippen MR) is 111 cm³/mol. The Bertz CT molecular complexity index is 1260. The van der Waals surface area contributed by atoms with Crippen LogP contribution in [0.25, 0.3) is 28.0 Å². The second-order valence-electron chi connectivity index (χ2n) is 7.38. The van der Waals surface area contributed by atoms with Crippen molar-refractivity contribution in [3.05, 3.63) is 70.8 Å². The Morgan fingerprint density at radius 2 is 1.90 bits per heavy atom. The van der Waals surface area contributed by atoms with E-state index >= 15 is 0 Å². The first kappa shape index (κ1) is 19.1. The summed E-state index contributed by atoms with van der Waals surface area (Å²) in [6.07, 6.45) is 1.77. The number of benzene rings is 1. The van der Waals surface area contributed by atoms with Gasteiger partial charge in [-0.25, -0.2) is 14.5 Å². The number of aryl methyl sites for hydroxylation is 1. The molecule has 0 atom stereocenters. The lowest BCUT2D eigenvalue weighted by Crippen LogP contribution is -2.18. The fraction of sp³-hybridized carbons (Fsp3) is 0.182. The van der Waals surface area contributed by atoms with E-state index in [4.69, 9.17) is 21.7 Å². The largest absolute Gasteiger partial charge is 0.384 e. The highest BCUT2D eigenvalue weighted by atomic mass is 35.5. The molecule has 0 saturated heterocycles. The lowest BCUT2D eigenvalue weighted by atomic mass is 10.00. The van der Waals surface area contributed by atoms with Crippen molar-refractivity contribution in [1.29, 1.82) is 5.26 Å². The topological polar surface area (TPSA) is 87.1 Å². The van der Waals surface area contributed by atoms with E-state index in [0.717, 1.165) is 22.4 Å². The molecule has 4 aromatic rings. The number of nitriles is 1. The van der Waals surface area contributed by atoms with Crippen LogP contribution in [0.1, 0.15) is 30.8 Å². The molecule has 3 heterocycles. The van der Waals surface area contributed by atoms with E-state index in [1.807, 2.05) is 25.1 Å². The van der Waals surface area contributed by atoms with E-state index in [1.165, 1.54) is 0 Å². The molecule has 0 unspecified atom stereocenters. The molecule has 0 radical (unpaired) electrons. The van der Waals surface area contributed by atoms with Crippen molar-refractivity contribution >= 4 is 17.2 Å². The first-order chi connectivity index (χ1) is 13.8. The lowest BCUT2D eigenvalue weighted by Gasteiger charge is -2.16. The van der Waals surface area contributed by atoms with Gasteiger partial charge in [0.1, 0.15) is 16.4 Å². The second kappa shape index (κ2) is 6.96. The summed E-state index contributed by atoms with van der Waals surface area (Å²) < 4.78 is 1.67. The minimum absolute atomic E-state index is 0.370. The molecule has 0 aliphatic heterocycles. The van der Waals surface area contributed by atoms with Gasteiger partial charge in [0.25, 0.3) is 0 Å². The van der Waals surface area contributed by atoms with E-state index in [-0.39, 0.29) is 0 Å². The van der Waals surface area contributed by atoms with Gasteiger partial charge in [-0.05, 0) is 56.7 Å². The molecule has 0 saturated carbocycles. The molecule has 0 spiro atoms. The Labute approximate surface area is 173 Å². The second-order valence-corrected chi connectivity index (χ2v) is 7.76. The molecule has 0 amide bonds. The molecule has 1 N–H and O–H groups in total. The molecule has 29 heavy (non-hydrogen) atoms. The van der Waals surface area contributed by atoms with Crippen molar-refractivity contribution in [1.82, 2.24) is 19.6 Å². The summed E-state index contributed by atoms with van der Waals surface area (Å²) in [6, 6.07) is 14.8. The minimum atomic E-state index is -1.10. The molecule has 0 bridgehead atoms. The molecule has 1 aromatic carbocycles. The highest BCUT2D eigenvalue weighted by molar-refractivity contribution is 6.29. The molecule has 7 heteroatoms. The molecule has 6 nitrogen and oxygen atoms in total. The van der Waals surface area contributed by atoms with Crippen LogP contribution in [-0.4, -0.2) is 24.7 Å². The molecular formula is C22H18ClN5O. The van der Waals surface area contributed by atoms with Crippen LogP contribution in [0.2, 0.25) is 5.15 Å². The SMILES string of the molecule is Cc1cc(-c2c(-c3cccc(C#N)c3)nn3ccc(C(C)(C)O)nc23)cc(Cl)n1. The zero-order valence-electron chi connectivity index (χ0n) is 16.2. The first-order valence-electron chi connectivity index (χ1n) is 9.03. The number of hydrogen-bond donors (Lipinski definition) is 1. The average Bonchev–Trinajstić information content (AvgIpc) is 3.05. The summed E-state index contributed by atoms with van der Waals surface area (Å²) in [4.78, 5) is 8.94. The zero-order valence-corrected chi connectivity index (χ0v) is 16.9. The van der Waals surface area contributed by atoms with Gasteiger partial charge >= 0.3 is 0 Å². The summed E-state index contributed by atoms with van der Waals surface area (Å²) in [5, 5.41) is 24.8. The number of pyridine rings is 1. The van der Waals surface area contributed by atoms with Crippen molar-refractivity contribution in [2.45, 2.75) is 26.4 Å². The monoisotopic (exact) mass is 403 g/mol. The zero-order chi connectivity index (χ0) is 20.8. The predicted octanol–water partition coefficient (Wildman–Crippen LogP) is 4.52. The van der Waals surface area contributed by atoms with Gasteiger partial charge in [-0.2, -0.15) is 10.4 Å². The highest BCUT2D eigenvalue weighted by Crippen LogP contribution is 2.36. The van der Waals surface area contributed by atoms with Crippen molar-refractivity contribution < 1.29 is 5.11 Å². The molecule has 4 rings (SSSR count). The Kier molecular flexibility index (Phi) is 4.58. The maximum absolute atomic E-state index is 10.4. The summed E-state index contributed by atoms with van der Waals surface area (Å²) in [7, 11) is 0. The van der Waals surface area contributed by atoms with Gasteiger partial charge in [0, 0.05) is 17.5 Å². The summed E-state index contributed by atoms with van der Waals surface area (Å²) in [6.45, 7) is 5.24. The summed E-state index contributed by atoms with van der Waals surface area (Å²) >= 11 is 6.23. The first-order valence-corrected chi connectivity index (χ1v) is 9.41. The number of aliphatic hydroxyl groups is 1. The third kappa shape index (κ3) is 3.58. The van der Waals surface area contributed by atoms with Crippen LogP contribution >= 0.6 is 11.6 Å². The Morgan fingerprint density at radius 1 is 1.10 bits per heavy atom. The highest BCUT2D eigenvalue weighted by Gasteiger charge is 2.23. The van der Waals surface area contributed by atoms with Gasteiger partial charge in [0.05, 0.1) is 22.9 Å². The van der Waals surface area contributed by atoms with Gasteiger partial charge in [-0.1, -0.05) is 23.7 Å². The van der Waals surface area contributed by atoms with Crippen LogP contribution in [0, 0.1) is 18.3 Å². The lowest BCUT2D eigenvalue weighted by molar-refractivity contribution is 0.0740. The Morgan fingerprint density at radius 3 is 2.59 bits per heavy atom. The van der Waals surface area contributed by atoms with Crippen molar-refractivity contribution in [3.8, 4) is 28.5 Å². The van der Waals surface area contributed by atoms with Crippen molar-refractivity contribution in [2.24, 2.45) is 0 Å². The standard InChI is InChI=1S/C22H18ClN5O/c1-13-9-16(11-18(23)25-13)19-20(15-6-4-5-14(10-15)12-24)27-28-8-7-17(22(2,3)29)26-21(19)28/h4-11,29H,1-3H3. The maximum Gasteiger partial charge on any atom is 0.163 e. The molecule has 0 aliphatic carbocycles. The van der Waals surface area contributed by atoms with Crippen LogP contribution in [0.3, 0.4) is 0 Å². The van der Waals surface area contributed by atoms with Crippen LogP contribution in [0.5, 0.6) is 0 Å². The van der Waals surface area contributed by atoms with E-state index < -0.39 is 5.60 Å². The summed E-state index contributed by atoms with van der Waals surface area (Å²) in [5.41, 5.74) is 4.36. The average molecular weight is 404 g/mol. The Balaban J connectivity index is 2.08. The normalized spacial score (nSPS) is 11.6. The molecule has 0 fully saturated rings. The molecule has 144 valence electrons. The number of halogens is 1. The summed E-state index contributed by atoms with van der Waals surface area (Å²) in [5.74, 6) is 0. The number of nitrogens with zero attached hydrogens (tertiary/aromatic N) is 5. The van der Waals surface area contributed by atoms with Gasteiger partial charge in [0.15, 0.2) is 5.65 Å². The van der Waals surface area contributed by atoms with Gasteiger partial charge < -0.3 is 5.11 Å². The van der Waals surface area contributed by atoms with Crippen LogP contribution in [0.4, 0.5) is 0 Å². The van der Waals surface area contributed by atoms with Crippen molar-refractivity contribution in [3.63, 3.8) is 0 Å². The van der Waals surface area contributed by atoms with Crippen molar-refractivity contribution in [2.75, 3.05) is 0 Å². The van der Waals surface area contributed by atoms with E-state index in [0.29, 0.717) is 27.8 Å². The van der Waals surface area contributed by atoms with E-state index in [1.54, 1.807) is 48.8 Å². The maximum atomic E-state index is 10.4. The third-order valence-electron chi connectivity index (χ3n) is 4.59. The molecular weight excluding hydrogens is 386 g/mol. The van der Waals surface area contributed by atoms with Gasteiger partial charge in [0.2, 0.25) is 0 Å². The molecule has 3 aromatic heterocycles. The van der Waals surface area contributed by atoms with Crippen LogP contribution < -0.4 is 0 Å². The number of fused-ring (bicyclic) bond motifs is 1. The van der Waals surface area contributed by atoms with Crippen LogP contribution in [-0.2, 0) is 5.60 Å². The number of hydrogen-bond acceptors (Lipinski definition) is 5. The minimum Gasteiger partial charge on any atom is -0.384 e. The third-order valence-corrected chi connectivity index (χ3v) is 4.78. The molecule has 0 aliphatic rings. The Hall–Kier alpha value is -3.27.